The number of nitrogens with one attached hydrogen (secondary N) is 1. The Hall–Kier alpha value is -3.53. The highest BCUT2D eigenvalue weighted by Gasteiger charge is 2.25. The van der Waals surface area contributed by atoms with Crippen LogP contribution in [0.5, 0.6) is 0 Å². The van der Waals surface area contributed by atoms with Crippen LogP contribution in [0.2, 0.25) is 0 Å². The summed E-state index contributed by atoms with van der Waals surface area (Å²) in [4.78, 5) is 39.8. The number of imidazole rings is 1. The van der Waals surface area contributed by atoms with Crippen molar-refractivity contribution in [3.63, 3.8) is 0 Å². The van der Waals surface area contributed by atoms with Gasteiger partial charge in [0.15, 0.2) is 0 Å². The van der Waals surface area contributed by atoms with Crippen LogP contribution in [0, 0.1) is 24.0 Å². The quantitative estimate of drug-likeness (QED) is 0.346. The zero-order valence-electron chi connectivity index (χ0n) is 16.7. The average molecular weight is 428 g/mol. The number of amides is 1. The van der Waals surface area contributed by atoms with Crippen molar-refractivity contribution in [3.05, 3.63) is 62.9 Å². The molecule has 0 bridgehead atoms. The third kappa shape index (κ3) is 4.54. The molecule has 30 heavy (non-hydrogen) atoms. The Morgan fingerprint density at radius 3 is 2.57 bits per heavy atom. The zero-order valence-corrected chi connectivity index (χ0v) is 17.5. The number of esters is 1. The number of rotatable bonds is 7. The molecule has 1 amide bonds. The van der Waals surface area contributed by atoms with Gasteiger partial charge in [0.1, 0.15) is 23.3 Å². The Morgan fingerprint density at radius 2 is 1.97 bits per heavy atom. The van der Waals surface area contributed by atoms with Gasteiger partial charge in [0.05, 0.1) is 6.61 Å². The van der Waals surface area contributed by atoms with Crippen LogP contribution in [0.3, 0.4) is 0 Å². The molecule has 0 aliphatic carbocycles. The topological polar surface area (TPSA) is 116 Å². The number of carbonyl (C=O) groups excluding carboxylic acids is 2. The van der Waals surface area contributed by atoms with Crippen molar-refractivity contribution in [2.24, 2.45) is 0 Å². The lowest BCUT2D eigenvalue weighted by Crippen LogP contribution is -2.19. The predicted octanol–water partition coefficient (Wildman–Crippen LogP) is 3.95. The van der Waals surface area contributed by atoms with Crippen molar-refractivity contribution >= 4 is 34.0 Å². The van der Waals surface area contributed by atoms with E-state index in [0.717, 1.165) is 16.0 Å². The maximum Gasteiger partial charge on any atom is 0.381 e. The minimum atomic E-state index is -0.635. The molecule has 0 radical (unpaired) electrons. The lowest BCUT2D eigenvalue weighted by Gasteiger charge is -2.09. The molecular weight excluding hydrogens is 408 g/mol. The normalized spacial score (nSPS) is 10.6. The average Bonchev–Trinajstić information content (AvgIpc) is 3.27. The van der Waals surface area contributed by atoms with Crippen molar-refractivity contribution in [2.75, 3.05) is 11.9 Å². The number of anilines is 1. The second-order valence-electron chi connectivity index (χ2n) is 6.53. The monoisotopic (exact) mass is 428 g/mol. The van der Waals surface area contributed by atoms with E-state index in [9.17, 15) is 19.7 Å². The second kappa shape index (κ2) is 8.87. The minimum absolute atomic E-state index is 0.181. The molecule has 3 aromatic rings. The van der Waals surface area contributed by atoms with Crippen LogP contribution >= 0.6 is 11.3 Å². The van der Waals surface area contributed by atoms with Crippen LogP contribution < -0.4 is 5.32 Å². The van der Waals surface area contributed by atoms with E-state index in [2.05, 4.69) is 10.3 Å². The molecule has 10 heteroatoms. The smallest absolute Gasteiger partial charge is 0.381 e. The molecule has 2 heterocycles. The third-order valence-corrected chi connectivity index (χ3v) is 5.31. The number of carbonyl (C=O) groups is 2. The van der Waals surface area contributed by atoms with Crippen molar-refractivity contribution in [1.29, 1.82) is 0 Å². The highest BCUT2D eigenvalue weighted by atomic mass is 32.1. The molecular formula is C20H20N4O5S. The van der Waals surface area contributed by atoms with Gasteiger partial charge in [0, 0.05) is 10.4 Å². The van der Waals surface area contributed by atoms with Crippen LogP contribution in [0.4, 0.5) is 10.8 Å². The Balaban J connectivity index is 1.92. The number of hydrogen-bond acceptors (Lipinski definition) is 7. The van der Waals surface area contributed by atoms with Gasteiger partial charge in [0.25, 0.3) is 0 Å². The number of aromatic nitrogens is 2. The molecule has 9 nitrogen and oxygen atoms in total. The molecule has 3 rings (SSSR count). The maximum absolute atomic E-state index is 12.7. The van der Waals surface area contributed by atoms with Gasteiger partial charge < -0.3 is 24.7 Å². The Bertz CT molecular complexity index is 1100. The number of nitro groups is 1. The standard InChI is InChI=1S/C20H20N4O5S/c1-4-29-20(26)18-17(14-7-5-12(2)6-8-14)13(3)30-19(18)22-16(25)10-23-9-15(21-11-23)24(27)28/h5-9,11H,4,10H2,1-3H3,(H,22,25). The third-order valence-electron chi connectivity index (χ3n) is 4.29. The van der Waals surface area contributed by atoms with Gasteiger partial charge in [-0.2, -0.15) is 0 Å². The molecule has 1 N–H and O–H groups in total. The van der Waals surface area contributed by atoms with E-state index >= 15 is 0 Å². The molecule has 2 aromatic heterocycles. The van der Waals surface area contributed by atoms with Crippen molar-refractivity contribution in [1.82, 2.24) is 9.55 Å². The van der Waals surface area contributed by atoms with Gasteiger partial charge in [-0.25, -0.2) is 4.79 Å². The highest BCUT2D eigenvalue weighted by Crippen LogP contribution is 2.40. The van der Waals surface area contributed by atoms with Gasteiger partial charge >= 0.3 is 11.8 Å². The van der Waals surface area contributed by atoms with E-state index in [1.807, 2.05) is 38.1 Å². The first-order valence-electron chi connectivity index (χ1n) is 9.13. The van der Waals surface area contributed by atoms with Crippen molar-refractivity contribution in [2.45, 2.75) is 27.3 Å². The molecule has 156 valence electrons. The summed E-state index contributed by atoms with van der Waals surface area (Å²) in [5.41, 5.74) is 2.95. The summed E-state index contributed by atoms with van der Waals surface area (Å²) < 4.78 is 6.53. The van der Waals surface area contributed by atoms with Crippen molar-refractivity contribution < 1.29 is 19.2 Å². The summed E-state index contributed by atoms with van der Waals surface area (Å²) in [6, 6.07) is 7.74. The van der Waals surface area contributed by atoms with Crippen LogP contribution in [-0.2, 0) is 16.1 Å². The summed E-state index contributed by atoms with van der Waals surface area (Å²) in [7, 11) is 0. The first kappa shape index (κ1) is 21.2. The summed E-state index contributed by atoms with van der Waals surface area (Å²) in [6.45, 7) is 5.58. The predicted molar refractivity (Wildman–Crippen MR) is 113 cm³/mol. The van der Waals surface area contributed by atoms with Crippen LogP contribution in [0.25, 0.3) is 11.1 Å². The summed E-state index contributed by atoms with van der Waals surface area (Å²) in [5.74, 6) is -1.31. The molecule has 0 spiro atoms. The van der Waals surface area contributed by atoms with Crippen molar-refractivity contribution in [3.8, 4) is 11.1 Å². The minimum Gasteiger partial charge on any atom is -0.462 e. The molecule has 0 saturated heterocycles. The van der Waals surface area contributed by atoms with Gasteiger partial charge in [-0.15, -0.1) is 11.3 Å². The number of nitrogens with zero attached hydrogens (tertiary/aromatic N) is 3. The summed E-state index contributed by atoms with van der Waals surface area (Å²) in [5, 5.41) is 13.9. The number of benzene rings is 1. The zero-order chi connectivity index (χ0) is 21.8. The SMILES string of the molecule is CCOC(=O)c1c(NC(=O)Cn2cnc([N+](=O)[O-])c2)sc(C)c1-c1ccc(C)cc1. The fraction of sp³-hybridized carbons (Fsp3) is 0.250. The van der Waals surface area contributed by atoms with E-state index in [1.165, 1.54) is 28.4 Å². The van der Waals surface area contributed by atoms with Gasteiger partial charge in [-0.05, 0) is 36.2 Å². The maximum atomic E-state index is 12.7. The molecule has 0 fully saturated rings. The molecule has 0 saturated carbocycles. The van der Waals surface area contributed by atoms with E-state index in [4.69, 9.17) is 4.74 Å². The molecule has 0 atom stereocenters. The molecule has 1 aromatic carbocycles. The lowest BCUT2D eigenvalue weighted by atomic mass is 10.0. The molecule has 0 aliphatic rings. The fourth-order valence-corrected chi connectivity index (χ4v) is 4.04. The molecule has 0 aliphatic heterocycles. The highest BCUT2D eigenvalue weighted by molar-refractivity contribution is 7.17. The van der Waals surface area contributed by atoms with Crippen LogP contribution in [0.15, 0.2) is 36.8 Å². The van der Waals surface area contributed by atoms with E-state index < -0.39 is 16.8 Å². The number of thiophene rings is 1. The van der Waals surface area contributed by atoms with E-state index in [1.54, 1.807) is 6.92 Å². The Labute approximate surface area is 176 Å². The Morgan fingerprint density at radius 1 is 1.27 bits per heavy atom. The summed E-state index contributed by atoms with van der Waals surface area (Å²) >= 11 is 1.28. The fourth-order valence-electron chi connectivity index (χ4n) is 2.96. The van der Waals surface area contributed by atoms with E-state index in [-0.39, 0.29) is 19.0 Å². The first-order chi connectivity index (χ1) is 14.3. The number of hydrogen-bond donors (Lipinski definition) is 1. The van der Waals surface area contributed by atoms with Gasteiger partial charge in [0.2, 0.25) is 12.2 Å². The van der Waals surface area contributed by atoms with Crippen LogP contribution in [-0.4, -0.2) is 33.0 Å². The van der Waals surface area contributed by atoms with Crippen LogP contribution in [0.1, 0.15) is 27.7 Å². The lowest BCUT2D eigenvalue weighted by molar-refractivity contribution is -0.389. The number of ether oxygens (including phenoxy) is 1. The first-order valence-corrected chi connectivity index (χ1v) is 9.95. The summed E-state index contributed by atoms with van der Waals surface area (Å²) in [6.07, 6.45) is 2.38. The number of aryl methyl sites for hydroxylation is 2. The van der Waals surface area contributed by atoms with Gasteiger partial charge in [-0.3, -0.25) is 4.79 Å². The molecule has 0 unspecified atom stereocenters. The van der Waals surface area contributed by atoms with Gasteiger partial charge in [-0.1, -0.05) is 29.8 Å². The van der Waals surface area contributed by atoms with E-state index in [0.29, 0.717) is 16.1 Å². The Kier molecular flexibility index (Phi) is 6.26. The largest absolute Gasteiger partial charge is 0.462 e. The second-order valence-corrected chi connectivity index (χ2v) is 7.76.